The molecule has 1 heterocycles. The summed E-state index contributed by atoms with van der Waals surface area (Å²) in [6.45, 7) is 1.39. The second kappa shape index (κ2) is 4.70. The van der Waals surface area contributed by atoms with Gasteiger partial charge in [0.05, 0.1) is 18.6 Å². The van der Waals surface area contributed by atoms with Crippen LogP contribution in [-0.2, 0) is 11.2 Å². The summed E-state index contributed by atoms with van der Waals surface area (Å²) in [7, 11) is 0. The Morgan fingerprint density at radius 2 is 2.37 bits per heavy atom. The van der Waals surface area contributed by atoms with E-state index in [0.717, 1.165) is 17.9 Å². The van der Waals surface area contributed by atoms with Crippen molar-refractivity contribution in [3.63, 3.8) is 0 Å². The first-order valence-corrected chi connectivity index (χ1v) is 6.51. The van der Waals surface area contributed by atoms with Gasteiger partial charge in [-0.2, -0.15) is 0 Å². The van der Waals surface area contributed by atoms with Gasteiger partial charge in [0.15, 0.2) is 0 Å². The van der Waals surface area contributed by atoms with Gasteiger partial charge in [0, 0.05) is 11.9 Å². The number of fused-ring (bicyclic) bond motifs is 1. The average Bonchev–Trinajstić information content (AvgIpc) is 2.93. The minimum absolute atomic E-state index is 0.157. The molecular weight excluding hydrogens is 264 g/mol. The molecule has 1 aliphatic carbocycles. The van der Waals surface area contributed by atoms with Gasteiger partial charge in [-0.05, 0) is 36.1 Å². The smallest absolute Gasteiger partial charge is 0.309 e. The molecule has 1 aromatic heterocycles. The minimum Gasteiger partial charge on any atom is -0.408 e. The van der Waals surface area contributed by atoms with Gasteiger partial charge in [0.25, 0.3) is 0 Å². The number of rotatable bonds is 2. The van der Waals surface area contributed by atoms with Crippen molar-refractivity contribution in [2.24, 2.45) is 0 Å². The van der Waals surface area contributed by atoms with Crippen LogP contribution in [0, 0.1) is 0 Å². The zero-order valence-corrected chi connectivity index (χ0v) is 11.2. The molecule has 1 atom stereocenters. The van der Waals surface area contributed by atoms with Gasteiger partial charge in [-0.25, -0.2) is 4.98 Å². The Morgan fingerprint density at radius 1 is 1.53 bits per heavy atom. The van der Waals surface area contributed by atoms with Crippen molar-refractivity contribution in [1.82, 2.24) is 9.55 Å². The number of hydrogen-bond donors (Lipinski definition) is 0. The number of esters is 1. The summed E-state index contributed by atoms with van der Waals surface area (Å²) >= 11 is 6.01. The molecule has 2 aromatic rings. The highest BCUT2D eigenvalue weighted by atomic mass is 35.5. The maximum Gasteiger partial charge on any atom is 0.309 e. The van der Waals surface area contributed by atoms with E-state index in [-0.39, 0.29) is 12.0 Å². The lowest BCUT2D eigenvalue weighted by Gasteiger charge is -2.16. The predicted octanol–water partition coefficient (Wildman–Crippen LogP) is 3.00. The summed E-state index contributed by atoms with van der Waals surface area (Å²) in [5, 5.41) is 0.755. The zero-order chi connectivity index (χ0) is 13.4. The van der Waals surface area contributed by atoms with Gasteiger partial charge >= 0.3 is 5.97 Å². The van der Waals surface area contributed by atoms with Crippen molar-refractivity contribution in [2.75, 3.05) is 0 Å². The van der Waals surface area contributed by atoms with Gasteiger partial charge in [-0.3, -0.25) is 9.36 Å². The molecule has 3 rings (SSSR count). The van der Waals surface area contributed by atoms with Crippen molar-refractivity contribution >= 4 is 17.6 Å². The lowest BCUT2D eigenvalue weighted by Crippen LogP contribution is -2.11. The highest BCUT2D eigenvalue weighted by Crippen LogP contribution is 2.37. The fraction of sp³-hybridized carbons (Fsp3) is 0.286. The SMILES string of the molecule is CC(=O)Oc1cncn1C1CCc2cc(Cl)ccc21. The van der Waals surface area contributed by atoms with Crippen LogP contribution in [0.5, 0.6) is 5.88 Å². The van der Waals surface area contributed by atoms with Crippen LogP contribution in [0.3, 0.4) is 0 Å². The van der Waals surface area contributed by atoms with Crippen molar-refractivity contribution in [2.45, 2.75) is 25.8 Å². The zero-order valence-electron chi connectivity index (χ0n) is 10.5. The Bertz CT molecular complexity index is 636. The number of aromatic nitrogens is 2. The number of ether oxygens (including phenoxy) is 1. The monoisotopic (exact) mass is 276 g/mol. The van der Waals surface area contributed by atoms with Crippen LogP contribution in [-0.4, -0.2) is 15.5 Å². The lowest BCUT2D eigenvalue weighted by atomic mass is 10.1. The highest BCUT2D eigenvalue weighted by molar-refractivity contribution is 6.30. The number of hydrogen-bond acceptors (Lipinski definition) is 3. The molecule has 4 nitrogen and oxygen atoms in total. The molecule has 5 heteroatoms. The van der Waals surface area contributed by atoms with E-state index in [0.29, 0.717) is 5.88 Å². The molecule has 0 aliphatic heterocycles. The van der Waals surface area contributed by atoms with Crippen LogP contribution in [0.25, 0.3) is 0 Å². The number of benzene rings is 1. The summed E-state index contributed by atoms with van der Waals surface area (Å²) in [5.74, 6) is 0.149. The molecule has 0 N–H and O–H groups in total. The average molecular weight is 277 g/mol. The minimum atomic E-state index is -0.337. The predicted molar refractivity (Wildman–Crippen MR) is 71.4 cm³/mol. The number of carbonyl (C=O) groups excluding carboxylic acids is 1. The van der Waals surface area contributed by atoms with E-state index >= 15 is 0 Å². The fourth-order valence-electron chi connectivity index (χ4n) is 2.61. The Morgan fingerprint density at radius 3 is 3.16 bits per heavy atom. The van der Waals surface area contributed by atoms with E-state index in [9.17, 15) is 4.79 Å². The fourth-order valence-corrected chi connectivity index (χ4v) is 2.80. The van der Waals surface area contributed by atoms with Gasteiger partial charge in [-0.15, -0.1) is 0 Å². The highest BCUT2D eigenvalue weighted by Gasteiger charge is 2.26. The van der Waals surface area contributed by atoms with Crippen molar-refractivity contribution in [3.05, 3.63) is 46.9 Å². The van der Waals surface area contributed by atoms with Gasteiger partial charge in [0.2, 0.25) is 5.88 Å². The molecule has 0 radical (unpaired) electrons. The number of aryl methyl sites for hydroxylation is 1. The summed E-state index contributed by atoms with van der Waals surface area (Å²) < 4.78 is 7.08. The molecule has 0 saturated carbocycles. The van der Waals surface area contributed by atoms with Crippen LogP contribution in [0.4, 0.5) is 0 Å². The third kappa shape index (κ3) is 2.24. The number of carbonyl (C=O) groups is 1. The molecule has 0 saturated heterocycles. The van der Waals surface area contributed by atoms with Crippen LogP contribution in [0.2, 0.25) is 5.02 Å². The molecule has 1 aliphatic rings. The molecule has 1 aromatic carbocycles. The number of nitrogens with zero attached hydrogens (tertiary/aromatic N) is 2. The van der Waals surface area contributed by atoms with Crippen molar-refractivity contribution < 1.29 is 9.53 Å². The topological polar surface area (TPSA) is 44.1 Å². The molecule has 0 amide bonds. The Hall–Kier alpha value is -1.81. The number of halogens is 1. The number of imidazole rings is 1. The summed E-state index contributed by atoms with van der Waals surface area (Å²) in [6, 6.07) is 6.08. The Kier molecular flexibility index (Phi) is 3.03. The molecule has 0 spiro atoms. The summed E-state index contributed by atoms with van der Waals surface area (Å²) in [5.41, 5.74) is 2.47. The van der Waals surface area contributed by atoms with Crippen LogP contribution < -0.4 is 4.74 Å². The largest absolute Gasteiger partial charge is 0.408 e. The van der Waals surface area contributed by atoms with E-state index in [1.54, 1.807) is 12.5 Å². The molecule has 1 unspecified atom stereocenters. The maximum atomic E-state index is 11.1. The summed E-state index contributed by atoms with van der Waals surface area (Å²) in [6.07, 6.45) is 5.19. The molecule has 0 bridgehead atoms. The quantitative estimate of drug-likeness (QED) is 0.792. The molecular formula is C14H13ClN2O2. The standard InChI is InChI=1S/C14H13ClN2O2/c1-9(18)19-14-7-16-8-17(14)13-5-2-10-6-11(15)3-4-12(10)13/h3-4,6-8,13H,2,5H2,1H3. The summed E-state index contributed by atoms with van der Waals surface area (Å²) in [4.78, 5) is 15.2. The molecule has 0 fully saturated rings. The van der Waals surface area contributed by atoms with Gasteiger partial charge < -0.3 is 4.74 Å². The van der Waals surface area contributed by atoms with E-state index in [1.807, 2.05) is 22.8 Å². The molecule has 19 heavy (non-hydrogen) atoms. The van der Waals surface area contributed by atoms with Gasteiger partial charge in [-0.1, -0.05) is 17.7 Å². The second-order valence-corrected chi connectivity index (χ2v) is 5.07. The third-order valence-corrected chi connectivity index (χ3v) is 3.60. The second-order valence-electron chi connectivity index (χ2n) is 4.63. The van der Waals surface area contributed by atoms with Crippen LogP contribution in [0.1, 0.15) is 30.5 Å². The first kappa shape index (κ1) is 12.2. The van der Waals surface area contributed by atoms with Crippen molar-refractivity contribution in [3.8, 4) is 5.88 Å². The van der Waals surface area contributed by atoms with Crippen LogP contribution >= 0.6 is 11.6 Å². The Balaban J connectivity index is 1.98. The van der Waals surface area contributed by atoms with Crippen LogP contribution in [0.15, 0.2) is 30.7 Å². The van der Waals surface area contributed by atoms with E-state index in [4.69, 9.17) is 16.3 Å². The van der Waals surface area contributed by atoms with Gasteiger partial charge in [0.1, 0.15) is 0 Å². The third-order valence-electron chi connectivity index (χ3n) is 3.37. The maximum absolute atomic E-state index is 11.1. The van der Waals surface area contributed by atoms with E-state index in [2.05, 4.69) is 4.98 Å². The molecule has 98 valence electrons. The van der Waals surface area contributed by atoms with E-state index < -0.39 is 0 Å². The van der Waals surface area contributed by atoms with Crippen molar-refractivity contribution in [1.29, 1.82) is 0 Å². The Labute approximate surface area is 116 Å². The lowest BCUT2D eigenvalue weighted by molar-refractivity contribution is -0.132. The first-order chi connectivity index (χ1) is 9.15. The normalized spacial score (nSPS) is 17.3. The first-order valence-electron chi connectivity index (χ1n) is 6.13. The van der Waals surface area contributed by atoms with E-state index in [1.165, 1.54) is 18.1 Å².